The summed E-state index contributed by atoms with van der Waals surface area (Å²) in [7, 11) is 0. The van der Waals surface area contributed by atoms with E-state index in [4.69, 9.17) is 16.3 Å². The Morgan fingerprint density at radius 1 is 0.923 bits per heavy atom. The lowest BCUT2D eigenvalue weighted by Gasteiger charge is -2.13. The normalized spacial score (nSPS) is 10.6. The Morgan fingerprint density at radius 3 is 2.27 bits per heavy atom. The molecule has 0 bridgehead atoms. The molecule has 1 N–H and O–H groups in total. The predicted molar refractivity (Wildman–Crippen MR) is 116 cm³/mol. The van der Waals surface area contributed by atoms with Crippen LogP contribution >= 0.6 is 43.5 Å². The van der Waals surface area contributed by atoms with Gasteiger partial charge in [0.15, 0.2) is 0 Å². The molecular formula is C21H18Br2ClNO. The van der Waals surface area contributed by atoms with Crippen LogP contribution in [-0.2, 0) is 13.2 Å². The number of benzene rings is 3. The van der Waals surface area contributed by atoms with Crippen molar-refractivity contribution in [2.75, 3.05) is 5.32 Å². The maximum absolute atomic E-state index is 6.02. The van der Waals surface area contributed by atoms with E-state index in [0.717, 1.165) is 36.5 Å². The second-order valence-electron chi connectivity index (χ2n) is 6.03. The van der Waals surface area contributed by atoms with Crippen molar-refractivity contribution >= 4 is 49.1 Å². The minimum atomic E-state index is 0.525. The molecule has 3 aromatic rings. The zero-order valence-corrected chi connectivity index (χ0v) is 18.2. The van der Waals surface area contributed by atoms with Gasteiger partial charge in [-0.3, -0.25) is 0 Å². The van der Waals surface area contributed by atoms with Gasteiger partial charge in [0.05, 0.1) is 8.95 Å². The standard InChI is InChI=1S/C21H18Br2ClNO/c1-14-5-7-15(8-6-14)13-26-21-19(22)9-16(10-20(21)23)12-25-18-4-2-3-17(24)11-18/h2-11,25H,12-13H2,1H3. The largest absolute Gasteiger partial charge is 0.487 e. The van der Waals surface area contributed by atoms with Crippen LogP contribution in [0.4, 0.5) is 5.69 Å². The van der Waals surface area contributed by atoms with Gasteiger partial charge in [-0.15, -0.1) is 0 Å². The third kappa shape index (κ3) is 5.26. The lowest BCUT2D eigenvalue weighted by molar-refractivity contribution is 0.302. The molecule has 0 aromatic heterocycles. The first kappa shape index (κ1) is 19.3. The van der Waals surface area contributed by atoms with Crippen LogP contribution in [0, 0.1) is 6.92 Å². The van der Waals surface area contributed by atoms with Crippen LogP contribution in [0.3, 0.4) is 0 Å². The van der Waals surface area contributed by atoms with Gasteiger partial charge in [-0.2, -0.15) is 0 Å². The van der Waals surface area contributed by atoms with Crippen molar-refractivity contribution in [2.45, 2.75) is 20.1 Å². The Bertz CT molecular complexity index is 874. The smallest absolute Gasteiger partial charge is 0.148 e. The van der Waals surface area contributed by atoms with Gasteiger partial charge in [0.1, 0.15) is 12.4 Å². The van der Waals surface area contributed by atoms with Gasteiger partial charge >= 0.3 is 0 Å². The van der Waals surface area contributed by atoms with Gasteiger partial charge in [0.25, 0.3) is 0 Å². The molecule has 0 aliphatic carbocycles. The van der Waals surface area contributed by atoms with Gasteiger partial charge in [-0.25, -0.2) is 0 Å². The van der Waals surface area contributed by atoms with E-state index < -0.39 is 0 Å². The molecule has 0 amide bonds. The lowest BCUT2D eigenvalue weighted by atomic mass is 10.2. The summed E-state index contributed by atoms with van der Waals surface area (Å²) in [5, 5.41) is 4.09. The summed E-state index contributed by atoms with van der Waals surface area (Å²) >= 11 is 13.3. The Balaban J connectivity index is 1.66. The average molecular weight is 496 g/mol. The summed E-state index contributed by atoms with van der Waals surface area (Å²) in [6.07, 6.45) is 0. The first-order chi connectivity index (χ1) is 12.5. The summed E-state index contributed by atoms with van der Waals surface area (Å²) in [6, 6.07) is 20.2. The van der Waals surface area contributed by atoms with Crippen LogP contribution in [0.15, 0.2) is 69.6 Å². The number of ether oxygens (including phenoxy) is 1. The zero-order chi connectivity index (χ0) is 18.5. The fourth-order valence-electron chi connectivity index (χ4n) is 2.49. The molecule has 134 valence electrons. The molecule has 0 radical (unpaired) electrons. The molecule has 0 saturated carbocycles. The number of anilines is 1. The molecule has 2 nitrogen and oxygen atoms in total. The fourth-order valence-corrected chi connectivity index (χ4v) is 4.20. The van der Waals surface area contributed by atoms with Crippen LogP contribution in [0.1, 0.15) is 16.7 Å². The molecule has 0 aliphatic heterocycles. The highest BCUT2D eigenvalue weighted by molar-refractivity contribution is 9.11. The molecule has 0 saturated heterocycles. The molecule has 5 heteroatoms. The van der Waals surface area contributed by atoms with Crippen molar-refractivity contribution in [1.82, 2.24) is 0 Å². The van der Waals surface area contributed by atoms with Gasteiger partial charge in [-0.1, -0.05) is 47.5 Å². The van der Waals surface area contributed by atoms with Crippen LogP contribution in [-0.4, -0.2) is 0 Å². The van der Waals surface area contributed by atoms with E-state index >= 15 is 0 Å². The van der Waals surface area contributed by atoms with Crippen molar-refractivity contribution in [3.8, 4) is 5.75 Å². The number of halogens is 3. The predicted octanol–water partition coefficient (Wildman–Crippen LogP) is 7.36. The molecule has 0 heterocycles. The van der Waals surface area contributed by atoms with Gasteiger partial charge in [-0.05, 0) is 80.2 Å². The Kier molecular flexibility index (Phi) is 6.63. The van der Waals surface area contributed by atoms with Crippen molar-refractivity contribution in [1.29, 1.82) is 0 Å². The molecule has 0 atom stereocenters. The van der Waals surface area contributed by atoms with Crippen LogP contribution in [0.25, 0.3) is 0 Å². The topological polar surface area (TPSA) is 21.3 Å². The molecule has 3 aromatic carbocycles. The van der Waals surface area contributed by atoms with E-state index in [9.17, 15) is 0 Å². The van der Waals surface area contributed by atoms with Gasteiger partial charge < -0.3 is 10.1 Å². The Morgan fingerprint density at radius 2 is 1.62 bits per heavy atom. The average Bonchev–Trinajstić information content (AvgIpc) is 2.61. The van der Waals surface area contributed by atoms with E-state index in [1.165, 1.54) is 5.56 Å². The highest BCUT2D eigenvalue weighted by Crippen LogP contribution is 2.35. The molecule has 0 fully saturated rings. The van der Waals surface area contributed by atoms with Crippen molar-refractivity contribution in [3.63, 3.8) is 0 Å². The van der Waals surface area contributed by atoms with Gasteiger partial charge in [0, 0.05) is 17.3 Å². The monoisotopic (exact) mass is 493 g/mol. The molecule has 26 heavy (non-hydrogen) atoms. The summed E-state index contributed by atoms with van der Waals surface area (Å²) in [4.78, 5) is 0. The summed E-state index contributed by atoms with van der Waals surface area (Å²) < 4.78 is 7.83. The van der Waals surface area contributed by atoms with E-state index in [1.54, 1.807) is 0 Å². The van der Waals surface area contributed by atoms with E-state index in [-0.39, 0.29) is 0 Å². The van der Waals surface area contributed by atoms with Crippen LogP contribution in [0.5, 0.6) is 5.75 Å². The van der Waals surface area contributed by atoms with Crippen molar-refractivity contribution < 1.29 is 4.74 Å². The lowest BCUT2D eigenvalue weighted by Crippen LogP contribution is -2.01. The van der Waals surface area contributed by atoms with E-state index in [0.29, 0.717) is 13.2 Å². The number of aryl methyl sites for hydroxylation is 1. The molecule has 0 unspecified atom stereocenters. The SMILES string of the molecule is Cc1ccc(COc2c(Br)cc(CNc3cccc(Cl)c3)cc2Br)cc1. The second kappa shape index (κ2) is 8.94. The van der Waals surface area contributed by atoms with Crippen LogP contribution < -0.4 is 10.1 Å². The zero-order valence-electron chi connectivity index (χ0n) is 14.2. The number of hydrogen-bond donors (Lipinski definition) is 1. The summed E-state index contributed by atoms with van der Waals surface area (Å²) in [5.41, 5.74) is 4.50. The maximum atomic E-state index is 6.02. The first-order valence-corrected chi connectivity index (χ1v) is 10.1. The van der Waals surface area contributed by atoms with Gasteiger partial charge in [0.2, 0.25) is 0 Å². The summed E-state index contributed by atoms with van der Waals surface area (Å²) in [6.45, 7) is 3.29. The number of rotatable bonds is 6. The van der Waals surface area contributed by atoms with Crippen molar-refractivity contribution in [3.05, 3.63) is 91.3 Å². The minimum absolute atomic E-state index is 0.525. The first-order valence-electron chi connectivity index (χ1n) is 8.17. The highest BCUT2D eigenvalue weighted by Gasteiger charge is 2.10. The van der Waals surface area contributed by atoms with Crippen LogP contribution in [0.2, 0.25) is 5.02 Å². The van der Waals surface area contributed by atoms with Crippen molar-refractivity contribution in [2.24, 2.45) is 0 Å². The van der Waals surface area contributed by atoms with E-state index in [1.807, 2.05) is 24.3 Å². The summed E-state index contributed by atoms with van der Waals surface area (Å²) in [5.74, 6) is 0.803. The third-order valence-electron chi connectivity index (χ3n) is 3.88. The quantitative estimate of drug-likeness (QED) is 0.386. The highest BCUT2D eigenvalue weighted by atomic mass is 79.9. The third-order valence-corrected chi connectivity index (χ3v) is 5.30. The molecule has 0 aliphatic rings. The maximum Gasteiger partial charge on any atom is 0.148 e. The molecule has 3 rings (SSSR count). The minimum Gasteiger partial charge on any atom is -0.487 e. The fraction of sp³-hybridized carbons (Fsp3) is 0.143. The Labute approximate surface area is 175 Å². The molecular weight excluding hydrogens is 477 g/mol. The number of nitrogens with one attached hydrogen (secondary N) is 1. The van der Waals surface area contributed by atoms with E-state index in [2.05, 4.69) is 80.5 Å². The Hall–Kier alpha value is -1.49. The molecule has 0 spiro atoms. The second-order valence-corrected chi connectivity index (χ2v) is 8.17. The number of hydrogen-bond acceptors (Lipinski definition) is 2.